The maximum atomic E-state index is 14.5. The molecule has 4 aliphatic rings. The second kappa shape index (κ2) is 6.59. The maximum absolute atomic E-state index is 14.5. The first-order valence-electron chi connectivity index (χ1n) is 10.2. The number of ether oxygens (including phenoxy) is 1. The summed E-state index contributed by atoms with van der Waals surface area (Å²) >= 11 is 0. The smallest absolute Gasteiger partial charge is 0.249 e. The van der Waals surface area contributed by atoms with Crippen molar-refractivity contribution >= 4 is 12.1 Å². The minimum absolute atomic E-state index is 0.00236. The predicted octanol–water partition coefficient (Wildman–Crippen LogP) is 4.49. The fourth-order valence-corrected chi connectivity index (χ4v) is 5.17. The van der Waals surface area contributed by atoms with E-state index < -0.39 is 23.1 Å². The van der Waals surface area contributed by atoms with Gasteiger partial charge in [-0.15, -0.1) is 0 Å². The van der Waals surface area contributed by atoms with E-state index in [0.29, 0.717) is 18.9 Å². The van der Waals surface area contributed by atoms with Gasteiger partial charge in [-0.3, -0.25) is 4.79 Å². The number of pyridine rings is 1. The molecule has 1 aliphatic heterocycles. The Morgan fingerprint density at radius 1 is 1.20 bits per heavy atom. The van der Waals surface area contributed by atoms with Crippen molar-refractivity contribution in [1.82, 2.24) is 9.99 Å². The number of hydrogen-bond donors (Lipinski definition) is 0. The lowest BCUT2D eigenvalue weighted by molar-refractivity contribution is -0.227. The highest BCUT2D eigenvalue weighted by Gasteiger charge is 2.73. The van der Waals surface area contributed by atoms with Crippen molar-refractivity contribution in [1.29, 1.82) is 0 Å². The lowest BCUT2D eigenvalue weighted by Gasteiger charge is -2.69. The summed E-state index contributed by atoms with van der Waals surface area (Å²) in [7, 11) is 0. The molecule has 0 saturated heterocycles. The van der Waals surface area contributed by atoms with Gasteiger partial charge in [-0.1, -0.05) is 6.07 Å². The van der Waals surface area contributed by atoms with Crippen LogP contribution in [0.3, 0.4) is 0 Å². The van der Waals surface area contributed by atoms with Gasteiger partial charge in [0, 0.05) is 35.9 Å². The third-order valence-corrected chi connectivity index (χ3v) is 6.68. The fraction of sp³-hybridized carbons (Fsp3) is 0.435. The number of aromatic nitrogens is 1. The van der Waals surface area contributed by atoms with Gasteiger partial charge in [-0.2, -0.15) is 5.10 Å². The summed E-state index contributed by atoms with van der Waals surface area (Å²) in [6.07, 6.45) is 5.94. The van der Waals surface area contributed by atoms with Crippen molar-refractivity contribution in [3.63, 3.8) is 0 Å². The van der Waals surface area contributed by atoms with Crippen LogP contribution in [0, 0.1) is 36.3 Å². The van der Waals surface area contributed by atoms with Crippen molar-refractivity contribution in [2.24, 2.45) is 15.9 Å². The van der Waals surface area contributed by atoms with E-state index in [1.54, 1.807) is 12.4 Å². The van der Waals surface area contributed by atoms with Gasteiger partial charge in [-0.05, 0) is 56.4 Å². The Kier molecular flexibility index (Phi) is 4.21. The minimum atomic E-state index is -0.592. The van der Waals surface area contributed by atoms with Gasteiger partial charge in [0.25, 0.3) is 0 Å². The summed E-state index contributed by atoms with van der Waals surface area (Å²) in [6.45, 7) is 4.02. The molecule has 7 heteroatoms. The monoisotopic (exact) mass is 411 g/mol. The van der Waals surface area contributed by atoms with E-state index >= 15 is 0 Å². The highest BCUT2D eigenvalue weighted by atomic mass is 19.1. The van der Waals surface area contributed by atoms with E-state index in [9.17, 15) is 13.6 Å². The number of halogens is 2. The second-order valence-corrected chi connectivity index (χ2v) is 9.10. The lowest BCUT2D eigenvalue weighted by Crippen LogP contribution is -2.69. The van der Waals surface area contributed by atoms with Crippen LogP contribution in [0.4, 0.5) is 8.78 Å². The van der Waals surface area contributed by atoms with Crippen molar-refractivity contribution < 1.29 is 18.3 Å². The second-order valence-electron chi connectivity index (χ2n) is 9.10. The Bertz CT molecular complexity index is 1030. The third kappa shape index (κ3) is 2.90. The summed E-state index contributed by atoms with van der Waals surface area (Å²) < 4.78 is 34.3. The van der Waals surface area contributed by atoms with E-state index in [1.807, 2.05) is 19.1 Å². The molecule has 2 heterocycles. The zero-order valence-corrected chi connectivity index (χ0v) is 17.0. The molecule has 3 fully saturated rings. The summed E-state index contributed by atoms with van der Waals surface area (Å²) in [5.74, 6) is -0.490. The largest absolute Gasteiger partial charge is 0.477 e. The zero-order valence-electron chi connectivity index (χ0n) is 17.0. The van der Waals surface area contributed by atoms with E-state index in [4.69, 9.17) is 4.74 Å². The average molecular weight is 411 g/mol. The van der Waals surface area contributed by atoms with Crippen LogP contribution >= 0.6 is 0 Å². The Balaban J connectivity index is 1.25. The molecule has 0 radical (unpaired) electrons. The summed E-state index contributed by atoms with van der Waals surface area (Å²) in [6, 6.07) is 5.58. The predicted molar refractivity (Wildman–Crippen MR) is 107 cm³/mol. The summed E-state index contributed by atoms with van der Waals surface area (Å²) in [4.78, 5) is 17.5. The first-order valence-corrected chi connectivity index (χ1v) is 10.2. The van der Waals surface area contributed by atoms with Gasteiger partial charge in [0.05, 0.1) is 18.1 Å². The number of aryl methyl sites for hydroxylation is 2. The molecule has 5 nitrogen and oxygen atoms in total. The van der Waals surface area contributed by atoms with Crippen molar-refractivity contribution in [2.75, 3.05) is 6.61 Å². The Morgan fingerprint density at radius 3 is 2.67 bits per heavy atom. The number of carbonyl (C=O) groups is 1. The summed E-state index contributed by atoms with van der Waals surface area (Å²) in [5.41, 5.74) is 1.05. The molecule has 1 atom stereocenters. The highest BCUT2D eigenvalue weighted by molar-refractivity contribution is 5.88. The van der Waals surface area contributed by atoms with E-state index in [2.05, 4.69) is 10.1 Å². The topological polar surface area (TPSA) is 54.8 Å². The first kappa shape index (κ1) is 19.2. The Labute approximate surface area is 173 Å². The van der Waals surface area contributed by atoms with Crippen LogP contribution in [0.5, 0.6) is 5.88 Å². The molecular formula is C23H23F2N3O2. The van der Waals surface area contributed by atoms with Gasteiger partial charge in [0.1, 0.15) is 11.6 Å². The highest BCUT2D eigenvalue weighted by Crippen LogP contribution is 2.74. The molecule has 1 amide bonds. The van der Waals surface area contributed by atoms with Crippen molar-refractivity contribution in [3.05, 3.63) is 58.8 Å². The fourth-order valence-electron chi connectivity index (χ4n) is 5.17. The molecule has 30 heavy (non-hydrogen) atoms. The molecule has 2 bridgehead atoms. The number of carbonyl (C=O) groups excluding carboxylic acids is 1. The normalized spacial score (nSPS) is 28.8. The van der Waals surface area contributed by atoms with Crippen molar-refractivity contribution in [3.8, 4) is 5.88 Å². The van der Waals surface area contributed by atoms with Crippen LogP contribution in [0.25, 0.3) is 0 Å². The number of benzene rings is 1. The van der Waals surface area contributed by atoms with Gasteiger partial charge in [-0.25, -0.2) is 18.8 Å². The molecule has 3 saturated carbocycles. The molecule has 1 unspecified atom stereocenters. The lowest BCUT2D eigenvalue weighted by atomic mass is 9.35. The zero-order chi connectivity index (χ0) is 21.1. The van der Waals surface area contributed by atoms with Crippen molar-refractivity contribution in [2.45, 2.75) is 45.6 Å². The van der Waals surface area contributed by atoms with Crippen LogP contribution in [-0.4, -0.2) is 28.7 Å². The van der Waals surface area contributed by atoms with Crippen LogP contribution in [-0.2, 0) is 4.79 Å². The molecule has 156 valence electrons. The number of hydrogen-bond acceptors (Lipinski definition) is 4. The van der Waals surface area contributed by atoms with Crippen LogP contribution < -0.4 is 4.74 Å². The van der Waals surface area contributed by atoms with Gasteiger partial charge in [0.2, 0.25) is 11.8 Å². The SMILES string of the molecule is Cc1ccc(OCC23CC(C(=O)N4N=CCC4c4cc(F)c(C)cc4F)(C2)C3)nc1. The maximum Gasteiger partial charge on any atom is 0.249 e. The van der Waals surface area contributed by atoms with E-state index in [-0.39, 0.29) is 22.4 Å². The molecule has 6 rings (SSSR count). The molecular weight excluding hydrogens is 388 g/mol. The molecule has 1 aromatic carbocycles. The van der Waals surface area contributed by atoms with E-state index in [1.165, 1.54) is 24.1 Å². The van der Waals surface area contributed by atoms with Gasteiger partial charge < -0.3 is 4.74 Å². The van der Waals surface area contributed by atoms with E-state index in [0.717, 1.165) is 24.8 Å². The third-order valence-electron chi connectivity index (χ3n) is 6.68. The summed E-state index contributed by atoms with van der Waals surface area (Å²) in [5, 5.41) is 5.57. The van der Waals surface area contributed by atoms with Crippen LogP contribution in [0.2, 0.25) is 0 Å². The Hall–Kier alpha value is -2.83. The van der Waals surface area contributed by atoms with Gasteiger partial charge >= 0.3 is 0 Å². The molecule has 0 spiro atoms. The number of amides is 1. The van der Waals surface area contributed by atoms with Gasteiger partial charge in [0.15, 0.2) is 0 Å². The minimum Gasteiger partial charge on any atom is -0.477 e. The Morgan fingerprint density at radius 2 is 1.97 bits per heavy atom. The number of nitrogens with zero attached hydrogens (tertiary/aromatic N) is 3. The number of rotatable bonds is 5. The van der Waals surface area contributed by atoms with Crippen LogP contribution in [0.1, 0.15) is 48.4 Å². The molecule has 1 aromatic heterocycles. The standard InChI is InChI=1S/C23H23F2N3O2/c1-14-3-4-20(26-9-14)30-13-22-10-23(11-22,12-22)21(29)28-19(5-6-27-28)16-8-17(24)15(2)7-18(16)25/h3-4,6-9,19H,5,10-13H2,1-2H3. The molecule has 3 aliphatic carbocycles. The average Bonchev–Trinajstić information content (AvgIpc) is 3.13. The number of hydrazone groups is 1. The first-order chi connectivity index (χ1) is 14.3. The van der Waals surface area contributed by atoms with Crippen LogP contribution in [0.15, 0.2) is 35.6 Å². The quantitative estimate of drug-likeness (QED) is 0.729. The molecule has 2 aromatic rings. The molecule has 0 N–H and O–H groups in total.